The minimum absolute atomic E-state index is 0.0243. The second kappa shape index (κ2) is 58.9. The predicted octanol–water partition coefficient (Wildman–Crippen LogP) is 20.4. The van der Waals surface area contributed by atoms with Gasteiger partial charge in [-0.3, -0.25) is 14.2 Å². The van der Waals surface area contributed by atoms with Crippen LogP contribution in [0.5, 0.6) is 0 Å². The maximum absolute atomic E-state index is 13.6. The number of allylic oxidation sites excluding steroid dienone is 9. The van der Waals surface area contributed by atoms with Gasteiger partial charge >= 0.3 is 5.97 Å². The molecule has 10 heteroatoms. The highest BCUT2D eigenvalue weighted by Crippen LogP contribution is 2.38. The van der Waals surface area contributed by atoms with Crippen LogP contribution in [0.3, 0.4) is 0 Å². The van der Waals surface area contributed by atoms with E-state index in [0.29, 0.717) is 17.4 Å². The molecule has 9 nitrogen and oxygen atoms in total. The molecule has 0 aromatic carbocycles. The van der Waals surface area contributed by atoms with E-state index in [0.717, 1.165) is 83.5 Å². The second-order valence-electron chi connectivity index (χ2n) is 24.0. The third-order valence-electron chi connectivity index (χ3n) is 14.9. The van der Waals surface area contributed by atoms with Crippen molar-refractivity contribution in [3.8, 4) is 0 Å². The van der Waals surface area contributed by atoms with Crippen LogP contribution in [0.25, 0.3) is 0 Å². The molecule has 0 heterocycles. The number of nitrogens with zero attached hydrogens (tertiary/aromatic N) is 1. The third kappa shape index (κ3) is 60.1. The Labute approximate surface area is 490 Å². The normalized spacial score (nSPS) is 14.0. The molecule has 1 N–H and O–H groups in total. The lowest BCUT2D eigenvalue weighted by Gasteiger charge is -2.30. The van der Waals surface area contributed by atoms with Gasteiger partial charge in [0.25, 0.3) is 7.82 Å². The van der Waals surface area contributed by atoms with Gasteiger partial charge in [-0.25, -0.2) is 0 Å². The zero-order chi connectivity index (χ0) is 57.9. The number of unbranched alkanes of at least 4 members (excludes halogenated alkanes) is 37. The molecule has 0 aromatic heterocycles. The highest BCUT2D eigenvalue weighted by molar-refractivity contribution is 7.45. The fourth-order valence-electron chi connectivity index (χ4n) is 9.70. The first-order valence-corrected chi connectivity index (χ1v) is 35.1. The molecule has 0 rings (SSSR count). The maximum Gasteiger partial charge on any atom is 0.306 e. The van der Waals surface area contributed by atoms with E-state index < -0.39 is 26.6 Å². The zero-order valence-electron chi connectivity index (χ0n) is 52.8. The van der Waals surface area contributed by atoms with Gasteiger partial charge in [0.15, 0.2) is 0 Å². The summed E-state index contributed by atoms with van der Waals surface area (Å²) >= 11 is 0. The van der Waals surface area contributed by atoms with Gasteiger partial charge in [0.2, 0.25) is 5.91 Å². The molecule has 0 spiro atoms. The Morgan fingerprint density at radius 1 is 0.443 bits per heavy atom. The van der Waals surface area contributed by atoms with Crippen molar-refractivity contribution in [3.63, 3.8) is 0 Å². The summed E-state index contributed by atoms with van der Waals surface area (Å²) in [6.07, 6.45) is 74.7. The highest BCUT2D eigenvalue weighted by Gasteiger charge is 2.27. The van der Waals surface area contributed by atoms with Gasteiger partial charge in [-0.15, -0.1) is 0 Å². The number of amides is 1. The number of esters is 1. The highest BCUT2D eigenvalue weighted by atomic mass is 31.2. The molecule has 0 saturated heterocycles. The first-order chi connectivity index (χ1) is 38.4. The number of ether oxygens (including phenoxy) is 1. The summed E-state index contributed by atoms with van der Waals surface area (Å²) in [7, 11) is 1.18. The fourth-order valence-corrected chi connectivity index (χ4v) is 10.4. The summed E-state index contributed by atoms with van der Waals surface area (Å²) in [5.74, 6) is -0.541. The van der Waals surface area contributed by atoms with E-state index in [-0.39, 0.29) is 24.9 Å². The largest absolute Gasteiger partial charge is 0.756 e. The average molecular weight is 1130 g/mol. The van der Waals surface area contributed by atoms with Crippen LogP contribution in [0.1, 0.15) is 316 Å². The summed E-state index contributed by atoms with van der Waals surface area (Å²) in [5, 5.41) is 3.04. The van der Waals surface area contributed by atoms with E-state index in [4.69, 9.17) is 13.8 Å². The van der Waals surface area contributed by atoms with Crippen LogP contribution in [-0.4, -0.2) is 69.4 Å². The Kier molecular flexibility index (Phi) is 57.2. The van der Waals surface area contributed by atoms with Gasteiger partial charge in [0.1, 0.15) is 19.3 Å². The first kappa shape index (κ1) is 76.7. The van der Waals surface area contributed by atoms with E-state index in [2.05, 4.69) is 74.7 Å². The third-order valence-corrected chi connectivity index (χ3v) is 15.9. The van der Waals surface area contributed by atoms with Crippen molar-refractivity contribution in [2.75, 3.05) is 40.9 Å². The standard InChI is InChI=1S/C69H129N2O7P/c1-7-10-13-16-19-22-25-28-30-32-33-34-35-36-37-39-41-44-47-50-53-56-59-62-69(73)78-67(60-57-54-51-48-45-42-27-24-21-18-15-12-9-3)66(65-77-79(74,75)76-64-63-71(4,5)6)70-68(72)61-58-55-52-49-46-43-40-38-31-29-26-23-20-17-14-11-8-2/h19-20,22-23,28-31,57,60,66-67H,7-18,21,24-27,32-56,58-59,61-65H2,1-6H3,(H-,70,72,74,75)/b22-19-,23-20-,30-28-,31-29-,60-57-. The van der Waals surface area contributed by atoms with Crippen LogP contribution < -0.4 is 10.2 Å². The Bertz CT molecular complexity index is 1540. The van der Waals surface area contributed by atoms with Crippen molar-refractivity contribution in [2.24, 2.45) is 0 Å². The van der Waals surface area contributed by atoms with Crippen LogP contribution >= 0.6 is 7.82 Å². The minimum Gasteiger partial charge on any atom is -0.756 e. The van der Waals surface area contributed by atoms with Crippen LogP contribution in [0, 0.1) is 0 Å². The molecule has 0 fully saturated rings. The van der Waals surface area contributed by atoms with E-state index in [1.54, 1.807) is 0 Å². The smallest absolute Gasteiger partial charge is 0.306 e. The summed E-state index contributed by atoms with van der Waals surface area (Å²) in [5.41, 5.74) is 0. The van der Waals surface area contributed by atoms with Gasteiger partial charge in [-0.2, -0.15) is 0 Å². The molecule has 0 aliphatic heterocycles. The number of likely N-dealkylation sites (N-methyl/N-ethyl adjacent to an activating group) is 1. The minimum atomic E-state index is -4.70. The SMILES string of the molecule is CCCCC/C=C\C/C=C\CCCCCCCCCCCCCCCC(=O)OC(/C=C\CCCCCCCCCCCCC)C(COP(=O)([O-])OCC[N+](C)(C)C)NC(=O)CCCCCCCCC/C=C\C/C=C\CCCCC. The number of phosphoric ester groups is 1. The lowest BCUT2D eigenvalue weighted by molar-refractivity contribution is -0.870. The molecule has 1 amide bonds. The van der Waals surface area contributed by atoms with Gasteiger partial charge in [0.05, 0.1) is 33.8 Å². The number of phosphoric acid groups is 1. The fraction of sp³-hybridized carbons (Fsp3) is 0.826. The van der Waals surface area contributed by atoms with E-state index in [1.807, 2.05) is 33.3 Å². The number of quaternary nitrogens is 1. The van der Waals surface area contributed by atoms with Gasteiger partial charge in [-0.05, 0) is 96.0 Å². The van der Waals surface area contributed by atoms with Crippen molar-refractivity contribution in [1.29, 1.82) is 0 Å². The summed E-state index contributed by atoms with van der Waals surface area (Å²) in [4.78, 5) is 40.1. The quantitative estimate of drug-likeness (QED) is 0.0212. The summed E-state index contributed by atoms with van der Waals surface area (Å²) < 4.78 is 30.4. The van der Waals surface area contributed by atoms with Gasteiger partial charge in [0, 0.05) is 12.8 Å². The molecular weight excluding hydrogens is 1000 g/mol. The topological polar surface area (TPSA) is 114 Å². The molecule has 0 aliphatic rings. The predicted molar refractivity (Wildman–Crippen MR) is 339 cm³/mol. The monoisotopic (exact) mass is 1130 g/mol. The second-order valence-corrected chi connectivity index (χ2v) is 25.4. The van der Waals surface area contributed by atoms with E-state index in [1.165, 1.54) is 199 Å². The van der Waals surface area contributed by atoms with E-state index >= 15 is 0 Å². The van der Waals surface area contributed by atoms with Crippen LogP contribution in [-0.2, 0) is 27.9 Å². The molecule has 0 saturated carbocycles. The zero-order valence-corrected chi connectivity index (χ0v) is 53.7. The van der Waals surface area contributed by atoms with Crippen molar-refractivity contribution in [3.05, 3.63) is 60.8 Å². The Balaban J connectivity index is 5.17. The van der Waals surface area contributed by atoms with Gasteiger partial charge < -0.3 is 28.5 Å². The molecule has 0 radical (unpaired) electrons. The molecule has 462 valence electrons. The maximum atomic E-state index is 13.6. The van der Waals surface area contributed by atoms with Crippen LogP contribution in [0.2, 0.25) is 0 Å². The number of carbonyl (C=O) groups is 2. The molecule has 0 aliphatic carbocycles. The van der Waals surface area contributed by atoms with Crippen molar-refractivity contribution >= 4 is 19.7 Å². The average Bonchev–Trinajstić information content (AvgIpc) is 3.41. The Morgan fingerprint density at radius 2 is 0.772 bits per heavy atom. The van der Waals surface area contributed by atoms with Crippen LogP contribution in [0.4, 0.5) is 0 Å². The Hall–Kier alpha value is -2.29. The van der Waals surface area contributed by atoms with Crippen LogP contribution in [0.15, 0.2) is 60.8 Å². The van der Waals surface area contributed by atoms with Gasteiger partial charge in [-0.1, -0.05) is 268 Å². The van der Waals surface area contributed by atoms with Crippen molar-refractivity contribution < 1.29 is 37.3 Å². The number of hydrogen-bond acceptors (Lipinski definition) is 7. The molecular formula is C69H129N2O7P. The summed E-state index contributed by atoms with van der Waals surface area (Å²) in [6, 6.07) is -0.894. The Morgan fingerprint density at radius 3 is 1.16 bits per heavy atom. The molecule has 3 atom stereocenters. The number of hydrogen-bond donors (Lipinski definition) is 1. The number of rotatable bonds is 61. The lowest BCUT2D eigenvalue weighted by atomic mass is 10.0. The summed E-state index contributed by atoms with van der Waals surface area (Å²) in [6.45, 7) is 6.82. The molecule has 79 heavy (non-hydrogen) atoms. The molecule has 0 bridgehead atoms. The lowest BCUT2D eigenvalue weighted by Crippen LogP contribution is -2.47. The number of nitrogens with one attached hydrogen (secondary N) is 1. The van der Waals surface area contributed by atoms with Crippen molar-refractivity contribution in [1.82, 2.24) is 5.32 Å². The molecule has 0 aromatic rings. The van der Waals surface area contributed by atoms with E-state index in [9.17, 15) is 19.0 Å². The number of carbonyl (C=O) groups excluding carboxylic acids is 2. The van der Waals surface area contributed by atoms with Crippen molar-refractivity contribution in [2.45, 2.75) is 328 Å². The first-order valence-electron chi connectivity index (χ1n) is 33.6. The molecule has 3 unspecified atom stereocenters.